The number of aromatic nitrogens is 3. The maximum absolute atomic E-state index is 6.08. The first kappa shape index (κ1) is 19.7. The Kier molecular flexibility index (Phi) is 5.97. The van der Waals surface area contributed by atoms with Gasteiger partial charge in [0.2, 0.25) is 0 Å². The van der Waals surface area contributed by atoms with E-state index in [0.717, 1.165) is 62.2 Å². The van der Waals surface area contributed by atoms with Crippen LogP contribution in [0.25, 0.3) is 11.0 Å². The maximum Gasteiger partial charge on any atom is 0.319 e. The summed E-state index contributed by atoms with van der Waals surface area (Å²) in [6.45, 7) is 8.22. The molecular weight excluding hydrogens is 364 g/mol. The van der Waals surface area contributed by atoms with E-state index in [-0.39, 0.29) is 0 Å². The van der Waals surface area contributed by atoms with Crippen molar-refractivity contribution < 1.29 is 4.74 Å². The van der Waals surface area contributed by atoms with Crippen molar-refractivity contribution in [2.75, 3.05) is 45.6 Å². The molecule has 1 saturated heterocycles. The van der Waals surface area contributed by atoms with E-state index in [1.54, 1.807) is 0 Å². The molecule has 3 N–H and O–H groups in total. The minimum atomic E-state index is 0.347. The lowest BCUT2D eigenvalue weighted by molar-refractivity contribution is 0.148. The Labute approximate surface area is 171 Å². The number of anilines is 1. The number of ether oxygens (including phenoxy) is 1. The number of rotatable bonds is 7. The molecule has 0 atom stereocenters. The van der Waals surface area contributed by atoms with Gasteiger partial charge in [0.1, 0.15) is 11.0 Å². The van der Waals surface area contributed by atoms with E-state index in [4.69, 9.17) is 10.5 Å². The lowest BCUT2D eigenvalue weighted by atomic mass is 10.0. The second kappa shape index (κ2) is 8.80. The first-order valence-electron chi connectivity index (χ1n) is 10.4. The molecule has 154 valence electrons. The minimum Gasteiger partial charge on any atom is -0.463 e. The van der Waals surface area contributed by atoms with Gasteiger partial charge in [-0.3, -0.25) is 4.90 Å². The monoisotopic (exact) mass is 394 g/mol. The van der Waals surface area contributed by atoms with Gasteiger partial charge in [-0.05, 0) is 24.6 Å². The smallest absolute Gasteiger partial charge is 0.319 e. The van der Waals surface area contributed by atoms with E-state index in [1.165, 1.54) is 11.1 Å². The molecule has 0 bridgehead atoms. The summed E-state index contributed by atoms with van der Waals surface area (Å²) in [5.41, 5.74) is 11.4. The Morgan fingerprint density at radius 2 is 1.79 bits per heavy atom. The average Bonchev–Trinajstić information content (AvgIpc) is 3.13. The molecule has 1 aliphatic heterocycles. The Hall–Kier alpha value is -2.64. The van der Waals surface area contributed by atoms with Crippen molar-refractivity contribution in [2.24, 2.45) is 0 Å². The first-order valence-corrected chi connectivity index (χ1v) is 10.4. The zero-order valence-corrected chi connectivity index (χ0v) is 17.3. The number of nitrogen functional groups attached to an aromatic ring is 1. The van der Waals surface area contributed by atoms with Crippen LogP contribution in [0, 0.1) is 0 Å². The molecule has 29 heavy (non-hydrogen) atoms. The van der Waals surface area contributed by atoms with Gasteiger partial charge in [0.15, 0.2) is 5.82 Å². The van der Waals surface area contributed by atoms with Crippen molar-refractivity contribution in [2.45, 2.75) is 26.3 Å². The topological polar surface area (TPSA) is 83.3 Å². The lowest BCUT2D eigenvalue weighted by Crippen LogP contribution is -2.43. The summed E-state index contributed by atoms with van der Waals surface area (Å²) in [6, 6.07) is 9.25. The summed E-state index contributed by atoms with van der Waals surface area (Å²) >= 11 is 0. The molecule has 0 radical (unpaired) electrons. The number of H-pyrrole nitrogens is 1. The van der Waals surface area contributed by atoms with Gasteiger partial charge < -0.3 is 20.4 Å². The fraction of sp³-hybridized carbons (Fsp3) is 0.455. The molecule has 2 aromatic heterocycles. The third-order valence-electron chi connectivity index (χ3n) is 5.47. The van der Waals surface area contributed by atoms with Gasteiger partial charge in [0.25, 0.3) is 0 Å². The molecule has 4 rings (SSSR count). The van der Waals surface area contributed by atoms with Crippen molar-refractivity contribution in [1.29, 1.82) is 0 Å². The number of hydrogen-bond donors (Lipinski definition) is 2. The highest BCUT2D eigenvalue weighted by Gasteiger charge is 2.15. The minimum absolute atomic E-state index is 0.347. The fourth-order valence-electron chi connectivity index (χ4n) is 3.70. The quantitative estimate of drug-likeness (QED) is 0.641. The van der Waals surface area contributed by atoms with E-state index in [0.29, 0.717) is 18.4 Å². The number of nitrogens with one attached hydrogen (secondary N) is 1. The van der Waals surface area contributed by atoms with Crippen molar-refractivity contribution in [3.8, 4) is 6.01 Å². The molecule has 0 unspecified atom stereocenters. The Morgan fingerprint density at radius 3 is 2.52 bits per heavy atom. The molecule has 1 fully saturated rings. The van der Waals surface area contributed by atoms with Gasteiger partial charge in [0, 0.05) is 50.9 Å². The van der Waals surface area contributed by atoms with Crippen LogP contribution in [-0.4, -0.2) is 64.6 Å². The van der Waals surface area contributed by atoms with E-state index in [2.05, 4.69) is 63.0 Å². The van der Waals surface area contributed by atoms with Gasteiger partial charge >= 0.3 is 6.01 Å². The number of hydrogen-bond acceptors (Lipinski definition) is 6. The Bertz CT molecular complexity index is 944. The molecule has 1 aliphatic rings. The number of aromatic amines is 1. The summed E-state index contributed by atoms with van der Waals surface area (Å²) in [6.07, 6.45) is 3.66. The van der Waals surface area contributed by atoms with E-state index >= 15 is 0 Å². The molecule has 0 spiro atoms. The van der Waals surface area contributed by atoms with Crippen molar-refractivity contribution in [1.82, 2.24) is 24.8 Å². The number of fused-ring (bicyclic) bond motifs is 1. The van der Waals surface area contributed by atoms with Crippen LogP contribution in [0.15, 0.2) is 30.5 Å². The van der Waals surface area contributed by atoms with Crippen molar-refractivity contribution in [3.05, 3.63) is 47.2 Å². The van der Waals surface area contributed by atoms with Crippen molar-refractivity contribution >= 4 is 16.9 Å². The van der Waals surface area contributed by atoms with Gasteiger partial charge in [-0.15, -0.1) is 0 Å². The second-order valence-corrected chi connectivity index (χ2v) is 7.85. The van der Waals surface area contributed by atoms with E-state index < -0.39 is 0 Å². The van der Waals surface area contributed by atoms with Crippen molar-refractivity contribution in [3.63, 3.8) is 0 Å². The van der Waals surface area contributed by atoms with Crippen LogP contribution in [0.1, 0.15) is 30.0 Å². The molecule has 0 amide bonds. The Balaban J connectivity index is 1.46. The van der Waals surface area contributed by atoms with Crippen LogP contribution in [0.4, 0.5) is 5.82 Å². The molecule has 1 aromatic carbocycles. The van der Waals surface area contributed by atoms with Gasteiger partial charge in [-0.2, -0.15) is 9.97 Å². The Morgan fingerprint density at radius 1 is 1.07 bits per heavy atom. The van der Waals surface area contributed by atoms with E-state index in [1.807, 2.05) is 6.20 Å². The van der Waals surface area contributed by atoms with Crippen LogP contribution in [0.3, 0.4) is 0 Å². The number of benzene rings is 1. The van der Waals surface area contributed by atoms with Crippen LogP contribution < -0.4 is 10.5 Å². The summed E-state index contributed by atoms with van der Waals surface area (Å²) in [5.74, 6) is 0.426. The first-order chi connectivity index (χ1) is 14.1. The summed E-state index contributed by atoms with van der Waals surface area (Å²) in [4.78, 5) is 16.9. The predicted octanol–water partition coefficient (Wildman–Crippen LogP) is 2.67. The maximum atomic E-state index is 6.08. The highest BCUT2D eigenvalue weighted by molar-refractivity contribution is 5.87. The summed E-state index contributed by atoms with van der Waals surface area (Å²) < 4.78 is 5.59. The molecule has 3 heterocycles. The summed E-state index contributed by atoms with van der Waals surface area (Å²) in [5, 5.41) is 0. The van der Waals surface area contributed by atoms with Crippen LogP contribution in [-0.2, 0) is 13.0 Å². The van der Waals surface area contributed by atoms with Crippen LogP contribution >= 0.6 is 0 Å². The molecule has 0 aliphatic carbocycles. The number of piperazine rings is 1. The predicted molar refractivity (Wildman–Crippen MR) is 116 cm³/mol. The van der Waals surface area contributed by atoms with Crippen LogP contribution in [0.2, 0.25) is 0 Å². The number of nitrogens with two attached hydrogens (primary N) is 1. The zero-order chi connectivity index (χ0) is 20.2. The molecule has 7 heteroatoms. The molecule has 7 nitrogen and oxygen atoms in total. The lowest BCUT2D eigenvalue weighted by Gasteiger charge is -2.32. The average molecular weight is 395 g/mol. The second-order valence-electron chi connectivity index (χ2n) is 7.85. The fourth-order valence-corrected chi connectivity index (χ4v) is 3.70. The number of likely N-dealkylation sites (N-methyl/N-ethyl adjacent to an activating group) is 1. The van der Waals surface area contributed by atoms with Gasteiger partial charge in [-0.1, -0.05) is 31.2 Å². The molecular formula is C22H30N6O. The SMILES string of the molecule is CCCOc1nc(N)c2[nH]cc(Cc3ccc(CN4CCN(C)CC4)cc3)c2n1. The normalized spacial score (nSPS) is 15.8. The third kappa shape index (κ3) is 4.68. The highest BCUT2D eigenvalue weighted by atomic mass is 16.5. The highest BCUT2D eigenvalue weighted by Crippen LogP contribution is 2.25. The van der Waals surface area contributed by atoms with Crippen LogP contribution in [0.5, 0.6) is 6.01 Å². The van der Waals surface area contributed by atoms with E-state index in [9.17, 15) is 0 Å². The van der Waals surface area contributed by atoms with Gasteiger partial charge in [-0.25, -0.2) is 0 Å². The summed E-state index contributed by atoms with van der Waals surface area (Å²) in [7, 11) is 2.19. The molecule has 0 saturated carbocycles. The van der Waals surface area contributed by atoms with Gasteiger partial charge in [0.05, 0.1) is 6.61 Å². The number of nitrogens with zero attached hydrogens (tertiary/aromatic N) is 4. The zero-order valence-electron chi connectivity index (χ0n) is 17.3. The third-order valence-corrected chi connectivity index (χ3v) is 5.47. The molecule has 3 aromatic rings. The largest absolute Gasteiger partial charge is 0.463 e. The standard InChI is InChI=1S/C22H30N6O/c1-3-12-29-22-25-19-18(14-24-20(19)21(23)26-22)13-16-4-6-17(7-5-16)15-28-10-8-27(2)9-11-28/h4-7,14,24H,3,8-13,15H2,1-2H3,(H2,23,25,26).